The van der Waals surface area contributed by atoms with Crippen molar-refractivity contribution in [1.29, 1.82) is 0 Å². The van der Waals surface area contributed by atoms with Crippen LogP contribution in [0.25, 0.3) is 0 Å². The van der Waals surface area contributed by atoms with Crippen LogP contribution in [0.15, 0.2) is 29.0 Å². The number of nitrogens with one attached hydrogen (secondary N) is 1. The minimum Gasteiger partial charge on any atom is -0.310 e. The van der Waals surface area contributed by atoms with E-state index >= 15 is 0 Å². The molecule has 1 unspecified atom stereocenters. The van der Waals surface area contributed by atoms with Crippen LogP contribution in [0.1, 0.15) is 29.9 Å². The van der Waals surface area contributed by atoms with E-state index in [2.05, 4.69) is 44.3 Å². The number of nitrogens with zero attached hydrogens (tertiary/aromatic N) is 3. The fraction of sp³-hybridized carbons (Fsp3) is 0.429. The van der Waals surface area contributed by atoms with Gasteiger partial charge in [0, 0.05) is 31.9 Å². The molecule has 0 amide bonds. The summed E-state index contributed by atoms with van der Waals surface area (Å²) >= 11 is 3.63. The first kappa shape index (κ1) is 14.2. The average Bonchev–Trinajstić information content (AvgIpc) is 2.65. The zero-order chi connectivity index (χ0) is 13.8. The summed E-state index contributed by atoms with van der Waals surface area (Å²) < 4.78 is 3.04. The number of hydrogen-bond donors (Lipinski definition) is 1. The number of likely N-dealkylation sites (N-methyl/N-ethyl adjacent to an activating group) is 1. The van der Waals surface area contributed by atoms with Gasteiger partial charge in [0.15, 0.2) is 0 Å². The molecule has 0 saturated carbocycles. The van der Waals surface area contributed by atoms with E-state index in [9.17, 15) is 0 Å². The monoisotopic (exact) mass is 322 g/mol. The molecule has 1 N–H and O–H groups in total. The predicted octanol–water partition coefficient (Wildman–Crippen LogP) is 2.78. The number of pyridine rings is 1. The molecule has 0 saturated heterocycles. The molecule has 0 aliphatic carbocycles. The van der Waals surface area contributed by atoms with Crippen LogP contribution in [0.5, 0.6) is 0 Å². The normalized spacial score (nSPS) is 12.6. The summed E-state index contributed by atoms with van der Waals surface area (Å²) in [5, 5.41) is 7.95. The van der Waals surface area contributed by atoms with Gasteiger partial charge < -0.3 is 5.32 Å². The number of halogens is 1. The highest BCUT2D eigenvalue weighted by Gasteiger charge is 2.17. The van der Waals surface area contributed by atoms with Gasteiger partial charge in [0.2, 0.25) is 0 Å². The first-order valence-corrected chi connectivity index (χ1v) is 7.24. The highest BCUT2D eigenvalue weighted by Crippen LogP contribution is 2.25. The maximum absolute atomic E-state index is 4.44. The Morgan fingerprint density at radius 1 is 1.47 bits per heavy atom. The van der Waals surface area contributed by atoms with Crippen LogP contribution in [0.2, 0.25) is 0 Å². The predicted molar refractivity (Wildman–Crippen MR) is 80.0 cm³/mol. The number of aromatic nitrogens is 3. The number of hydrogen-bond acceptors (Lipinski definition) is 3. The van der Waals surface area contributed by atoms with E-state index in [1.807, 2.05) is 30.9 Å². The second kappa shape index (κ2) is 6.30. The van der Waals surface area contributed by atoms with Crippen molar-refractivity contribution in [2.75, 3.05) is 6.54 Å². The van der Waals surface area contributed by atoms with Crippen LogP contribution in [0.4, 0.5) is 0 Å². The third-order valence-electron chi connectivity index (χ3n) is 3.20. The van der Waals surface area contributed by atoms with Gasteiger partial charge in [-0.2, -0.15) is 5.10 Å². The van der Waals surface area contributed by atoms with Crippen molar-refractivity contribution in [3.8, 4) is 0 Å². The van der Waals surface area contributed by atoms with Crippen molar-refractivity contribution in [1.82, 2.24) is 20.1 Å². The summed E-state index contributed by atoms with van der Waals surface area (Å²) in [7, 11) is 1.99. The molecule has 0 aromatic carbocycles. The lowest BCUT2D eigenvalue weighted by Gasteiger charge is -2.18. The average molecular weight is 323 g/mol. The van der Waals surface area contributed by atoms with E-state index in [0.29, 0.717) is 0 Å². The maximum Gasteiger partial charge on any atom is 0.0738 e. The quantitative estimate of drug-likeness (QED) is 0.920. The summed E-state index contributed by atoms with van der Waals surface area (Å²) in [6.45, 7) is 5.06. The topological polar surface area (TPSA) is 42.7 Å². The van der Waals surface area contributed by atoms with E-state index in [4.69, 9.17) is 0 Å². The van der Waals surface area contributed by atoms with Gasteiger partial charge in [0.05, 0.1) is 15.9 Å². The summed E-state index contributed by atoms with van der Waals surface area (Å²) in [4.78, 5) is 4.21. The van der Waals surface area contributed by atoms with Gasteiger partial charge >= 0.3 is 0 Å². The second-order valence-electron chi connectivity index (χ2n) is 4.57. The Bertz CT molecular complexity index is 536. The molecule has 19 heavy (non-hydrogen) atoms. The smallest absolute Gasteiger partial charge is 0.0738 e. The van der Waals surface area contributed by atoms with Crippen molar-refractivity contribution in [2.24, 2.45) is 7.05 Å². The molecular formula is C14H19BrN4. The molecule has 0 spiro atoms. The molecule has 102 valence electrons. The molecule has 4 nitrogen and oxygen atoms in total. The van der Waals surface area contributed by atoms with E-state index < -0.39 is 0 Å². The summed E-state index contributed by atoms with van der Waals surface area (Å²) in [6.07, 6.45) is 4.61. The Morgan fingerprint density at radius 2 is 2.26 bits per heavy atom. The third-order valence-corrected chi connectivity index (χ3v) is 4.23. The van der Waals surface area contributed by atoms with Crippen molar-refractivity contribution < 1.29 is 0 Å². The standard InChI is InChI=1S/C14H19BrN4/c1-4-17-12(11-6-5-7-16-9-11)8-13-14(15)10(2)18-19(13)3/h5-7,9,12,17H,4,8H2,1-3H3. The van der Waals surface area contributed by atoms with E-state index in [-0.39, 0.29) is 6.04 Å². The third kappa shape index (κ3) is 3.22. The van der Waals surface area contributed by atoms with Gasteiger partial charge in [-0.1, -0.05) is 13.0 Å². The van der Waals surface area contributed by atoms with Gasteiger partial charge in [0.25, 0.3) is 0 Å². The molecule has 2 aromatic heterocycles. The molecule has 2 heterocycles. The lowest BCUT2D eigenvalue weighted by Crippen LogP contribution is -2.24. The molecule has 0 radical (unpaired) electrons. The SMILES string of the molecule is CCNC(Cc1c(Br)c(C)nn1C)c1cccnc1. The van der Waals surface area contributed by atoms with Crippen molar-refractivity contribution in [2.45, 2.75) is 26.3 Å². The molecule has 5 heteroatoms. The van der Waals surface area contributed by atoms with Gasteiger partial charge in [0.1, 0.15) is 0 Å². The Balaban J connectivity index is 2.26. The fourth-order valence-electron chi connectivity index (χ4n) is 2.23. The lowest BCUT2D eigenvalue weighted by molar-refractivity contribution is 0.526. The first-order valence-electron chi connectivity index (χ1n) is 6.44. The largest absolute Gasteiger partial charge is 0.310 e. The molecule has 2 aromatic rings. The van der Waals surface area contributed by atoms with Crippen molar-refractivity contribution >= 4 is 15.9 Å². The van der Waals surface area contributed by atoms with Crippen LogP contribution in [-0.4, -0.2) is 21.3 Å². The van der Waals surface area contributed by atoms with Crippen LogP contribution >= 0.6 is 15.9 Å². The molecule has 0 aliphatic heterocycles. The summed E-state index contributed by atoms with van der Waals surface area (Å²) in [5.74, 6) is 0. The van der Waals surface area contributed by atoms with E-state index in [0.717, 1.165) is 23.1 Å². The Kier molecular flexibility index (Phi) is 4.71. The Hall–Kier alpha value is -1.20. The molecule has 2 rings (SSSR count). The number of aryl methyl sites for hydroxylation is 2. The van der Waals surface area contributed by atoms with Gasteiger partial charge in [-0.05, 0) is 41.0 Å². The minimum absolute atomic E-state index is 0.254. The summed E-state index contributed by atoms with van der Waals surface area (Å²) in [6, 6.07) is 4.34. The highest BCUT2D eigenvalue weighted by atomic mass is 79.9. The Morgan fingerprint density at radius 3 is 2.79 bits per heavy atom. The van der Waals surface area contributed by atoms with E-state index in [1.54, 1.807) is 6.20 Å². The first-order chi connectivity index (χ1) is 9.13. The van der Waals surface area contributed by atoms with Crippen LogP contribution in [0.3, 0.4) is 0 Å². The van der Waals surface area contributed by atoms with Gasteiger partial charge in [-0.15, -0.1) is 0 Å². The molecule has 0 aliphatic rings. The minimum atomic E-state index is 0.254. The summed E-state index contributed by atoms with van der Waals surface area (Å²) in [5.41, 5.74) is 3.43. The zero-order valence-corrected chi connectivity index (χ0v) is 13.1. The van der Waals surface area contributed by atoms with Crippen LogP contribution < -0.4 is 5.32 Å². The van der Waals surface area contributed by atoms with Crippen molar-refractivity contribution in [3.63, 3.8) is 0 Å². The van der Waals surface area contributed by atoms with Crippen LogP contribution in [0, 0.1) is 6.92 Å². The molecule has 0 fully saturated rings. The number of rotatable bonds is 5. The highest BCUT2D eigenvalue weighted by molar-refractivity contribution is 9.10. The van der Waals surface area contributed by atoms with Gasteiger partial charge in [-0.25, -0.2) is 0 Å². The maximum atomic E-state index is 4.44. The zero-order valence-electron chi connectivity index (χ0n) is 11.5. The lowest BCUT2D eigenvalue weighted by atomic mass is 10.0. The fourth-order valence-corrected chi connectivity index (χ4v) is 2.73. The molecular weight excluding hydrogens is 304 g/mol. The Labute approximate surface area is 122 Å². The van der Waals surface area contributed by atoms with Crippen molar-refractivity contribution in [3.05, 3.63) is 46.0 Å². The molecule has 1 atom stereocenters. The van der Waals surface area contributed by atoms with E-state index in [1.165, 1.54) is 11.3 Å². The van der Waals surface area contributed by atoms with Crippen LogP contribution in [-0.2, 0) is 13.5 Å². The van der Waals surface area contributed by atoms with Gasteiger partial charge in [-0.3, -0.25) is 9.67 Å². The second-order valence-corrected chi connectivity index (χ2v) is 5.36. The molecule has 0 bridgehead atoms.